The molecule has 0 atom stereocenters. The molecule has 1 aromatic carbocycles. The van der Waals surface area contributed by atoms with Crippen LogP contribution in [0.4, 0.5) is 0 Å². The topological polar surface area (TPSA) is 40.5 Å². The number of phenols is 2. The molecule has 0 fully saturated rings. The maximum atomic E-state index is 9.81. The summed E-state index contributed by atoms with van der Waals surface area (Å²) in [5.41, 5.74) is 1.62. The van der Waals surface area contributed by atoms with Crippen molar-refractivity contribution in [1.82, 2.24) is 0 Å². The van der Waals surface area contributed by atoms with Crippen LogP contribution in [0.2, 0.25) is 0 Å². The lowest BCUT2D eigenvalue weighted by molar-refractivity contribution is 0.441. The van der Waals surface area contributed by atoms with Crippen molar-refractivity contribution in [1.29, 1.82) is 0 Å². The summed E-state index contributed by atoms with van der Waals surface area (Å²) < 4.78 is 0. The first kappa shape index (κ1) is 32.8. The fourth-order valence-electron chi connectivity index (χ4n) is 5.35. The molecule has 0 aliphatic rings. The van der Waals surface area contributed by atoms with E-state index in [0.717, 1.165) is 18.4 Å². The van der Waals surface area contributed by atoms with E-state index in [1.807, 2.05) is 0 Å². The third-order valence-corrected chi connectivity index (χ3v) is 7.98. The van der Waals surface area contributed by atoms with Crippen LogP contribution >= 0.6 is 0 Å². The van der Waals surface area contributed by atoms with Gasteiger partial charge in [0.25, 0.3) is 0 Å². The number of hydrogen-bond donors (Lipinski definition) is 2. The average molecular weight is 503 g/mol. The van der Waals surface area contributed by atoms with E-state index in [0.29, 0.717) is 5.56 Å². The van der Waals surface area contributed by atoms with E-state index in [4.69, 9.17) is 0 Å². The maximum absolute atomic E-state index is 9.81. The normalized spacial score (nSPS) is 11.4. The molecule has 210 valence electrons. The summed E-state index contributed by atoms with van der Waals surface area (Å²) in [6.07, 6.45) is 36.3. The van der Waals surface area contributed by atoms with Crippen LogP contribution < -0.4 is 0 Å². The Morgan fingerprint density at radius 2 is 0.667 bits per heavy atom. The minimum absolute atomic E-state index is 0.213. The van der Waals surface area contributed by atoms with Crippen LogP contribution in [0, 0.1) is 6.92 Å². The molecule has 0 aliphatic carbocycles. The summed E-state index contributed by atoms with van der Waals surface area (Å²) in [4.78, 5) is 0. The van der Waals surface area contributed by atoms with E-state index >= 15 is 0 Å². The summed E-state index contributed by atoms with van der Waals surface area (Å²) >= 11 is 0. The number of aromatic hydroxyl groups is 2. The maximum Gasteiger partial charge on any atom is 0.122 e. The Kier molecular flexibility index (Phi) is 22.1. The summed E-state index contributed by atoms with van der Waals surface area (Å²) in [5, 5.41) is 19.6. The first-order chi connectivity index (χ1) is 17.6. The largest absolute Gasteiger partial charge is 0.508 e. The Bertz CT molecular complexity index is 586. The third-order valence-electron chi connectivity index (χ3n) is 7.98. The van der Waals surface area contributed by atoms with Gasteiger partial charge in [-0.25, -0.2) is 0 Å². The van der Waals surface area contributed by atoms with Gasteiger partial charge in [0.2, 0.25) is 0 Å². The van der Waals surface area contributed by atoms with Crippen molar-refractivity contribution >= 4 is 0 Å². The molecule has 0 bridgehead atoms. The predicted molar refractivity (Wildman–Crippen MR) is 159 cm³/mol. The van der Waals surface area contributed by atoms with E-state index in [9.17, 15) is 10.2 Å². The van der Waals surface area contributed by atoms with Crippen LogP contribution in [-0.2, 0) is 6.42 Å². The fourth-order valence-corrected chi connectivity index (χ4v) is 5.35. The molecule has 0 unspecified atom stereocenters. The highest BCUT2D eigenvalue weighted by atomic mass is 16.3. The molecule has 2 nitrogen and oxygen atoms in total. The molecule has 1 rings (SSSR count). The van der Waals surface area contributed by atoms with Crippen LogP contribution in [0.15, 0.2) is 12.1 Å². The quantitative estimate of drug-likeness (QED) is 0.124. The van der Waals surface area contributed by atoms with Crippen molar-refractivity contribution in [3.8, 4) is 11.5 Å². The van der Waals surface area contributed by atoms with Crippen molar-refractivity contribution in [2.24, 2.45) is 0 Å². The zero-order valence-electron chi connectivity index (χ0n) is 24.4. The highest BCUT2D eigenvalue weighted by Gasteiger charge is 2.05. The molecule has 0 saturated carbocycles. The first-order valence-electron chi connectivity index (χ1n) is 16.2. The van der Waals surface area contributed by atoms with Gasteiger partial charge >= 0.3 is 0 Å². The molecule has 0 aromatic heterocycles. The second-order valence-corrected chi connectivity index (χ2v) is 11.5. The van der Waals surface area contributed by atoms with Crippen LogP contribution in [0.3, 0.4) is 0 Å². The highest BCUT2D eigenvalue weighted by molar-refractivity contribution is 5.45. The van der Waals surface area contributed by atoms with Gasteiger partial charge in [-0.2, -0.15) is 0 Å². The van der Waals surface area contributed by atoms with Crippen LogP contribution in [0.25, 0.3) is 0 Å². The zero-order chi connectivity index (χ0) is 26.1. The van der Waals surface area contributed by atoms with Gasteiger partial charge in [-0.15, -0.1) is 0 Å². The van der Waals surface area contributed by atoms with Gasteiger partial charge in [-0.05, 0) is 37.5 Å². The lowest BCUT2D eigenvalue weighted by Gasteiger charge is -2.07. The van der Waals surface area contributed by atoms with Crippen molar-refractivity contribution in [3.63, 3.8) is 0 Å². The standard InChI is InChI=1S/C34H62O2/c1-3-4-5-6-7-8-9-10-11-12-13-14-15-16-17-18-19-20-21-22-23-24-25-26-27-28-32-29-33(35)31(2)34(36)30-32/h29-30,35-36H,3-28H2,1-2H3. The van der Waals surface area contributed by atoms with Crippen molar-refractivity contribution in [2.75, 3.05) is 0 Å². The molecule has 2 N–H and O–H groups in total. The van der Waals surface area contributed by atoms with Crippen LogP contribution in [-0.4, -0.2) is 10.2 Å². The van der Waals surface area contributed by atoms with E-state index in [1.165, 1.54) is 154 Å². The molecule has 0 saturated heterocycles. The second kappa shape index (κ2) is 24.2. The second-order valence-electron chi connectivity index (χ2n) is 11.5. The van der Waals surface area contributed by atoms with Gasteiger partial charge in [-0.3, -0.25) is 0 Å². The lowest BCUT2D eigenvalue weighted by atomic mass is 10.0. The van der Waals surface area contributed by atoms with Gasteiger partial charge in [-0.1, -0.05) is 161 Å². The zero-order valence-corrected chi connectivity index (χ0v) is 24.4. The first-order valence-corrected chi connectivity index (χ1v) is 16.2. The number of unbranched alkanes of at least 4 members (excludes halogenated alkanes) is 24. The van der Waals surface area contributed by atoms with Gasteiger partial charge in [0.1, 0.15) is 11.5 Å². The van der Waals surface area contributed by atoms with Crippen molar-refractivity contribution in [3.05, 3.63) is 23.3 Å². The fraction of sp³-hybridized carbons (Fsp3) is 0.824. The molecule has 36 heavy (non-hydrogen) atoms. The van der Waals surface area contributed by atoms with E-state index in [2.05, 4.69) is 6.92 Å². The Hall–Kier alpha value is -1.18. The number of phenolic OH excluding ortho intramolecular Hbond substituents is 2. The molecule has 0 radical (unpaired) electrons. The minimum atomic E-state index is 0.213. The average Bonchev–Trinajstić information content (AvgIpc) is 2.87. The summed E-state index contributed by atoms with van der Waals surface area (Å²) in [6.45, 7) is 4.04. The number of hydrogen-bond acceptors (Lipinski definition) is 2. The summed E-state index contributed by atoms with van der Waals surface area (Å²) in [6, 6.07) is 3.60. The van der Waals surface area contributed by atoms with Crippen molar-refractivity contribution < 1.29 is 10.2 Å². The Morgan fingerprint density at radius 1 is 0.417 bits per heavy atom. The molecule has 0 amide bonds. The molecule has 2 heteroatoms. The van der Waals surface area contributed by atoms with E-state index in [-0.39, 0.29) is 11.5 Å². The number of aryl methyl sites for hydroxylation is 1. The van der Waals surface area contributed by atoms with Gasteiger partial charge in [0.05, 0.1) is 0 Å². The Labute approximate surface area is 225 Å². The minimum Gasteiger partial charge on any atom is -0.508 e. The molecule has 0 aliphatic heterocycles. The van der Waals surface area contributed by atoms with Gasteiger partial charge < -0.3 is 10.2 Å². The van der Waals surface area contributed by atoms with Crippen molar-refractivity contribution in [2.45, 2.75) is 181 Å². The molecule has 0 heterocycles. The SMILES string of the molecule is CCCCCCCCCCCCCCCCCCCCCCCCCCCc1cc(O)c(C)c(O)c1. The highest BCUT2D eigenvalue weighted by Crippen LogP contribution is 2.28. The monoisotopic (exact) mass is 502 g/mol. The van der Waals surface area contributed by atoms with Crippen LogP contribution in [0.5, 0.6) is 11.5 Å². The number of rotatable bonds is 26. The summed E-state index contributed by atoms with van der Waals surface area (Å²) in [5.74, 6) is 0.425. The van der Waals surface area contributed by atoms with Gasteiger partial charge in [0, 0.05) is 5.56 Å². The molecular formula is C34H62O2. The van der Waals surface area contributed by atoms with Gasteiger partial charge in [0.15, 0.2) is 0 Å². The predicted octanol–water partition coefficient (Wildman–Crippen LogP) is 11.7. The Morgan fingerprint density at radius 3 is 0.944 bits per heavy atom. The molecule has 1 aromatic rings. The van der Waals surface area contributed by atoms with E-state index < -0.39 is 0 Å². The lowest BCUT2D eigenvalue weighted by Crippen LogP contribution is -1.88. The van der Waals surface area contributed by atoms with Crippen LogP contribution in [0.1, 0.15) is 179 Å². The smallest absolute Gasteiger partial charge is 0.122 e. The Balaban J connectivity index is 1.72. The molecule has 0 spiro atoms. The summed E-state index contributed by atoms with van der Waals surface area (Å²) in [7, 11) is 0. The third kappa shape index (κ3) is 19.0. The van der Waals surface area contributed by atoms with E-state index in [1.54, 1.807) is 19.1 Å². The molecular weight excluding hydrogens is 440 g/mol. The number of benzene rings is 1.